The largest absolute Gasteiger partial charge is 0.478 e. The summed E-state index contributed by atoms with van der Waals surface area (Å²) >= 11 is 0. The number of rotatable bonds is 7. The molecule has 0 spiro atoms. The van der Waals surface area contributed by atoms with Crippen molar-refractivity contribution in [1.29, 1.82) is 0 Å². The summed E-state index contributed by atoms with van der Waals surface area (Å²) in [6.07, 6.45) is 1.31. The maximum atomic E-state index is 13.0. The molecular formula is C34H30F3N3O2. The summed E-state index contributed by atoms with van der Waals surface area (Å²) < 4.78 is 41.4. The number of hydrogen-bond acceptors (Lipinski definition) is 3. The first kappa shape index (κ1) is 27.6. The second-order valence-electron chi connectivity index (χ2n) is 10.8. The second kappa shape index (κ2) is 11.4. The van der Waals surface area contributed by atoms with Crippen molar-refractivity contribution in [2.45, 2.75) is 50.9 Å². The third-order valence-electron chi connectivity index (χ3n) is 8.04. The highest BCUT2D eigenvalue weighted by atomic mass is 19.4. The first-order valence-corrected chi connectivity index (χ1v) is 14.1. The lowest BCUT2D eigenvalue weighted by Gasteiger charge is -2.25. The molecule has 0 aliphatic heterocycles. The van der Waals surface area contributed by atoms with Crippen LogP contribution in [0.3, 0.4) is 0 Å². The molecule has 2 N–H and O–H groups in total. The molecule has 0 saturated heterocycles. The van der Waals surface area contributed by atoms with Gasteiger partial charge in [0.05, 0.1) is 22.2 Å². The van der Waals surface area contributed by atoms with E-state index in [9.17, 15) is 23.1 Å². The number of benzene rings is 4. The standard InChI is InChI=1S/C34H30F3N3O2/c35-34(36,37)26-15-10-22(11-16-26)29-9-5-4-6-25(29)21-38-27-17-12-23(13-18-27)32-39-30-20-24(33(41)42)14-19-31(30)40(32)28-7-2-1-3-8-28/h4-6,9-20,28,38H,1-3,7-8,21H2,(H,41,42). The molecule has 0 amide bonds. The zero-order chi connectivity index (χ0) is 29.3. The topological polar surface area (TPSA) is 67.2 Å². The van der Waals surface area contributed by atoms with Crippen LogP contribution in [0.25, 0.3) is 33.5 Å². The normalized spacial score (nSPS) is 14.3. The first-order chi connectivity index (χ1) is 20.3. The van der Waals surface area contributed by atoms with Crippen LogP contribution in [-0.4, -0.2) is 20.6 Å². The van der Waals surface area contributed by atoms with Crippen LogP contribution in [0.5, 0.6) is 0 Å². The number of nitrogens with one attached hydrogen (secondary N) is 1. The zero-order valence-electron chi connectivity index (χ0n) is 22.9. The molecule has 0 radical (unpaired) electrons. The maximum absolute atomic E-state index is 13.0. The van der Waals surface area contributed by atoms with Crippen molar-refractivity contribution in [3.8, 4) is 22.5 Å². The highest BCUT2D eigenvalue weighted by molar-refractivity contribution is 5.93. The van der Waals surface area contributed by atoms with Crippen molar-refractivity contribution in [1.82, 2.24) is 9.55 Å². The van der Waals surface area contributed by atoms with Gasteiger partial charge in [-0.2, -0.15) is 13.2 Å². The summed E-state index contributed by atoms with van der Waals surface area (Å²) in [5.74, 6) is -0.139. The van der Waals surface area contributed by atoms with Crippen molar-refractivity contribution in [2.75, 3.05) is 5.32 Å². The molecule has 1 aliphatic rings. The summed E-state index contributed by atoms with van der Waals surface area (Å²) in [5.41, 5.74) is 5.59. The molecule has 8 heteroatoms. The minimum Gasteiger partial charge on any atom is -0.478 e. The summed E-state index contributed by atoms with van der Waals surface area (Å²) in [7, 11) is 0. The number of nitrogens with zero attached hydrogens (tertiary/aromatic N) is 2. The number of alkyl halides is 3. The van der Waals surface area contributed by atoms with E-state index in [2.05, 4.69) is 9.88 Å². The molecular weight excluding hydrogens is 539 g/mol. The van der Waals surface area contributed by atoms with E-state index in [1.165, 1.54) is 18.6 Å². The highest BCUT2D eigenvalue weighted by Crippen LogP contribution is 2.37. The molecule has 0 unspecified atom stereocenters. The number of halogens is 3. The number of fused-ring (bicyclic) bond motifs is 1. The molecule has 1 heterocycles. The predicted octanol–water partition coefficient (Wildman–Crippen LogP) is 9.20. The van der Waals surface area contributed by atoms with Crippen LogP contribution in [0.4, 0.5) is 18.9 Å². The molecule has 42 heavy (non-hydrogen) atoms. The summed E-state index contributed by atoms with van der Waals surface area (Å²) in [6.45, 7) is 0.495. The van der Waals surface area contributed by atoms with Crippen LogP contribution >= 0.6 is 0 Å². The van der Waals surface area contributed by atoms with E-state index in [0.717, 1.165) is 77.1 Å². The summed E-state index contributed by atoms with van der Waals surface area (Å²) in [5, 5.41) is 12.9. The Morgan fingerprint density at radius 1 is 0.881 bits per heavy atom. The van der Waals surface area contributed by atoms with Gasteiger partial charge in [-0.25, -0.2) is 9.78 Å². The van der Waals surface area contributed by atoms with E-state index in [-0.39, 0.29) is 5.56 Å². The van der Waals surface area contributed by atoms with Crippen molar-refractivity contribution in [3.05, 3.63) is 108 Å². The fourth-order valence-corrected chi connectivity index (χ4v) is 5.87. The van der Waals surface area contributed by atoms with Crippen molar-refractivity contribution >= 4 is 22.7 Å². The van der Waals surface area contributed by atoms with E-state index in [1.54, 1.807) is 12.1 Å². The Morgan fingerprint density at radius 2 is 1.57 bits per heavy atom. The van der Waals surface area contributed by atoms with E-state index in [1.807, 2.05) is 54.6 Å². The lowest BCUT2D eigenvalue weighted by Crippen LogP contribution is -2.14. The van der Waals surface area contributed by atoms with Crippen LogP contribution in [-0.2, 0) is 12.7 Å². The van der Waals surface area contributed by atoms with Gasteiger partial charge in [0, 0.05) is 23.8 Å². The van der Waals surface area contributed by atoms with E-state index in [4.69, 9.17) is 4.98 Å². The smallest absolute Gasteiger partial charge is 0.416 e. The van der Waals surface area contributed by atoms with Gasteiger partial charge in [0.25, 0.3) is 0 Å². The third kappa shape index (κ3) is 5.62. The van der Waals surface area contributed by atoms with Gasteiger partial charge in [-0.05, 0) is 84.1 Å². The fourth-order valence-electron chi connectivity index (χ4n) is 5.87. The van der Waals surface area contributed by atoms with Gasteiger partial charge in [-0.1, -0.05) is 55.7 Å². The monoisotopic (exact) mass is 569 g/mol. The number of carbonyl (C=O) groups is 1. The van der Waals surface area contributed by atoms with Gasteiger partial charge >= 0.3 is 12.1 Å². The van der Waals surface area contributed by atoms with Gasteiger partial charge in [-0.3, -0.25) is 0 Å². The predicted molar refractivity (Wildman–Crippen MR) is 158 cm³/mol. The lowest BCUT2D eigenvalue weighted by molar-refractivity contribution is -0.137. The van der Waals surface area contributed by atoms with Crippen LogP contribution in [0.2, 0.25) is 0 Å². The van der Waals surface area contributed by atoms with Crippen LogP contribution in [0, 0.1) is 0 Å². The van der Waals surface area contributed by atoms with Gasteiger partial charge < -0.3 is 15.0 Å². The van der Waals surface area contributed by atoms with Crippen molar-refractivity contribution in [3.63, 3.8) is 0 Å². The number of anilines is 1. The molecule has 4 aromatic carbocycles. The molecule has 1 aliphatic carbocycles. The molecule has 1 saturated carbocycles. The number of aromatic nitrogens is 2. The molecule has 1 fully saturated rings. The molecule has 0 atom stereocenters. The third-order valence-corrected chi connectivity index (χ3v) is 8.04. The Hall–Kier alpha value is -4.59. The Labute approximate surface area is 241 Å². The molecule has 214 valence electrons. The zero-order valence-corrected chi connectivity index (χ0v) is 22.9. The Morgan fingerprint density at radius 3 is 2.26 bits per heavy atom. The maximum Gasteiger partial charge on any atom is 0.416 e. The van der Waals surface area contributed by atoms with E-state index in [0.29, 0.717) is 18.1 Å². The first-order valence-electron chi connectivity index (χ1n) is 14.1. The number of carboxylic acids is 1. The Bertz CT molecular complexity index is 1720. The second-order valence-corrected chi connectivity index (χ2v) is 10.8. The highest BCUT2D eigenvalue weighted by Gasteiger charge is 2.30. The summed E-state index contributed by atoms with van der Waals surface area (Å²) in [4.78, 5) is 16.5. The van der Waals surface area contributed by atoms with E-state index >= 15 is 0 Å². The van der Waals surface area contributed by atoms with Gasteiger partial charge in [0.1, 0.15) is 5.82 Å². The van der Waals surface area contributed by atoms with Gasteiger partial charge in [-0.15, -0.1) is 0 Å². The average molecular weight is 570 g/mol. The lowest BCUT2D eigenvalue weighted by atomic mass is 9.94. The quantitative estimate of drug-likeness (QED) is 0.205. The van der Waals surface area contributed by atoms with Crippen LogP contribution in [0.1, 0.15) is 59.6 Å². The minimum atomic E-state index is -4.37. The molecule has 5 aromatic rings. The minimum absolute atomic E-state index is 0.221. The average Bonchev–Trinajstić information content (AvgIpc) is 3.39. The Balaban J connectivity index is 1.25. The molecule has 0 bridgehead atoms. The SMILES string of the molecule is O=C(O)c1ccc2c(c1)nc(-c1ccc(NCc3ccccc3-c3ccc(C(F)(F)F)cc3)cc1)n2C1CCCCC1. The molecule has 5 nitrogen and oxygen atoms in total. The van der Waals surface area contributed by atoms with Gasteiger partial charge in [0.2, 0.25) is 0 Å². The molecule has 1 aromatic heterocycles. The number of aromatic carboxylic acids is 1. The molecule has 6 rings (SSSR count). The van der Waals surface area contributed by atoms with Crippen LogP contribution in [0.15, 0.2) is 91.0 Å². The number of imidazole rings is 1. The Kier molecular flexibility index (Phi) is 7.45. The van der Waals surface area contributed by atoms with E-state index < -0.39 is 17.7 Å². The number of hydrogen-bond donors (Lipinski definition) is 2. The van der Waals surface area contributed by atoms with Gasteiger partial charge in [0.15, 0.2) is 0 Å². The van der Waals surface area contributed by atoms with Crippen molar-refractivity contribution < 1.29 is 23.1 Å². The van der Waals surface area contributed by atoms with Crippen LogP contribution < -0.4 is 5.32 Å². The van der Waals surface area contributed by atoms with Crippen molar-refractivity contribution in [2.24, 2.45) is 0 Å². The summed E-state index contributed by atoms with van der Waals surface area (Å²) in [6, 6.07) is 26.4. The fraction of sp³-hybridized carbons (Fsp3) is 0.235. The number of carboxylic acid groups (broad SMARTS) is 1.